The van der Waals surface area contributed by atoms with Crippen LogP contribution in [0.4, 0.5) is 5.69 Å². The van der Waals surface area contributed by atoms with Crippen LogP contribution in [0.1, 0.15) is 37.0 Å². The number of ether oxygens (including phenoxy) is 1. The van der Waals surface area contributed by atoms with Crippen LogP contribution in [-0.4, -0.2) is 28.2 Å². The fraction of sp³-hybridized carbons (Fsp3) is 0.357. The number of nitrogens with zero attached hydrogens (tertiary/aromatic N) is 2. The van der Waals surface area contributed by atoms with Gasteiger partial charge in [-0.15, -0.1) is 0 Å². The van der Waals surface area contributed by atoms with E-state index < -0.39 is 0 Å². The molecule has 6 heteroatoms. The molecule has 1 aromatic carbocycles. The van der Waals surface area contributed by atoms with Gasteiger partial charge in [-0.3, -0.25) is 9.89 Å². The molecule has 2 rings (SSSR count). The second kappa shape index (κ2) is 5.32. The molecule has 0 unspecified atom stereocenters. The second-order valence-electron chi connectivity index (χ2n) is 5.45. The second-order valence-corrected chi connectivity index (χ2v) is 5.45. The number of anilines is 1. The lowest BCUT2D eigenvalue weighted by Gasteiger charge is -2.21. The Bertz CT molecular complexity index is 600. The van der Waals surface area contributed by atoms with E-state index in [4.69, 9.17) is 4.74 Å². The van der Waals surface area contributed by atoms with Crippen molar-refractivity contribution in [3.05, 3.63) is 35.9 Å². The van der Waals surface area contributed by atoms with Gasteiger partial charge in [-0.1, -0.05) is 26.8 Å². The van der Waals surface area contributed by atoms with Crippen LogP contribution in [0.25, 0.3) is 0 Å². The van der Waals surface area contributed by atoms with Gasteiger partial charge in [0.2, 0.25) is 5.82 Å². The van der Waals surface area contributed by atoms with Gasteiger partial charge in [-0.05, 0) is 23.1 Å². The number of hydrogen-bond acceptors (Lipinski definition) is 4. The van der Waals surface area contributed by atoms with Gasteiger partial charge >= 0.3 is 0 Å². The van der Waals surface area contributed by atoms with Crippen LogP contribution >= 0.6 is 0 Å². The van der Waals surface area contributed by atoms with Crippen molar-refractivity contribution < 1.29 is 9.53 Å². The average molecular weight is 274 g/mol. The molecule has 0 aliphatic heterocycles. The maximum atomic E-state index is 12.0. The zero-order valence-corrected chi connectivity index (χ0v) is 12.0. The molecule has 2 aromatic rings. The highest BCUT2D eigenvalue weighted by Crippen LogP contribution is 2.31. The van der Waals surface area contributed by atoms with Crippen molar-refractivity contribution in [1.29, 1.82) is 0 Å². The summed E-state index contributed by atoms with van der Waals surface area (Å²) < 4.78 is 5.27. The summed E-state index contributed by atoms with van der Waals surface area (Å²) in [4.78, 5) is 15.8. The van der Waals surface area contributed by atoms with Crippen LogP contribution < -0.4 is 10.1 Å². The third-order valence-corrected chi connectivity index (χ3v) is 2.94. The minimum atomic E-state index is -0.355. The monoisotopic (exact) mass is 274 g/mol. The van der Waals surface area contributed by atoms with E-state index in [0.29, 0.717) is 11.4 Å². The van der Waals surface area contributed by atoms with Gasteiger partial charge in [0, 0.05) is 0 Å². The third-order valence-electron chi connectivity index (χ3n) is 2.94. The van der Waals surface area contributed by atoms with E-state index in [1.165, 1.54) is 6.33 Å². The lowest BCUT2D eigenvalue weighted by molar-refractivity contribution is 0.101. The maximum Gasteiger partial charge on any atom is 0.293 e. The minimum absolute atomic E-state index is 0.0159. The summed E-state index contributed by atoms with van der Waals surface area (Å²) >= 11 is 0. The molecule has 0 spiro atoms. The first-order valence-corrected chi connectivity index (χ1v) is 6.27. The largest absolute Gasteiger partial charge is 0.495 e. The van der Waals surface area contributed by atoms with Crippen molar-refractivity contribution in [1.82, 2.24) is 15.2 Å². The number of hydrogen-bond donors (Lipinski definition) is 2. The number of carbonyl (C=O) groups excluding carboxylic acids is 1. The number of methoxy groups -OCH3 is 1. The van der Waals surface area contributed by atoms with E-state index in [9.17, 15) is 4.79 Å². The standard InChI is InChI=1S/C14H18N4O2/c1-14(2,3)9-5-6-11(20-4)10(7-9)17-13(19)12-15-8-16-18-12/h5-8H,1-4H3,(H,17,19)(H,15,16,18). The van der Waals surface area contributed by atoms with E-state index >= 15 is 0 Å². The van der Waals surface area contributed by atoms with Crippen molar-refractivity contribution in [3.8, 4) is 5.75 Å². The van der Waals surface area contributed by atoms with E-state index in [1.807, 2.05) is 18.2 Å². The fourth-order valence-electron chi connectivity index (χ4n) is 1.77. The zero-order valence-electron chi connectivity index (χ0n) is 12.0. The number of H-pyrrole nitrogens is 1. The van der Waals surface area contributed by atoms with Crippen LogP contribution in [0.5, 0.6) is 5.75 Å². The first kappa shape index (κ1) is 14.0. The van der Waals surface area contributed by atoms with Crippen LogP contribution in [0.2, 0.25) is 0 Å². The van der Waals surface area contributed by atoms with Gasteiger partial charge in [-0.2, -0.15) is 5.10 Å². The first-order valence-electron chi connectivity index (χ1n) is 6.27. The van der Waals surface area contributed by atoms with E-state index in [2.05, 4.69) is 41.3 Å². The van der Waals surface area contributed by atoms with E-state index in [1.54, 1.807) is 7.11 Å². The molecular formula is C14H18N4O2. The van der Waals surface area contributed by atoms with Crippen molar-refractivity contribution in [2.45, 2.75) is 26.2 Å². The molecule has 106 valence electrons. The highest BCUT2D eigenvalue weighted by atomic mass is 16.5. The molecule has 0 bridgehead atoms. The smallest absolute Gasteiger partial charge is 0.293 e. The number of benzene rings is 1. The molecule has 1 aromatic heterocycles. The molecule has 1 amide bonds. The number of carbonyl (C=O) groups is 1. The fourth-order valence-corrected chi connectivity index (χ4v) is 1.77. The Morgan fingerprint density at radius 3 is 2.65 bits per heavy atom. The van der Waals surface area contributed by atoms with Crippen molar-refractivity contribution in [3.63, 3.8) is 0 Å². The predicted molar refractivity (Wildman–Crippen MR) is 76.0 cm³/mol. The number of amides is 1. The molecule has 20 heavy (non-hydrogen) atoms. The summed E-state index contributed by atoms with van der Waals surface area (Å²) in [6.45, 7) is 6.32. The molecule has 0 fully saturated rings. The Kier molecular flexibility index (Phi) is 3.74. The Hall–Kier alpha value is -2.37. The van der Waals surface area contributed by atoms with Crippen LogP contribution in [0.3, 0.4) is 0 Å². The molecule has 0 saturated carbocycles. The van der Waals surface area contributed by atoms with Gasteiger partial charge < -0.3 is 10.1 Å². The Morgan fingerprint density at radius 1 is 1.35 bits per heavy atom. The maximum absolute atomic E-state index is 12.0. The molecule has 0 aliphatic carbocycles. The molecular weight excluding hydrogens is 256 g/mol. The summed E-state index contributed by atoms with van der Waals surface area (Å²) in [5.41, 5.74) is 1.70. The molecule has 0 aliphatic rings. The number of nitrogens with one attached hydrogen (secondary N) is 2. The lowest BCUT2D eigenvalue weighted by Crippen LogP contribution is -2.16. The average Bonchev–Trinajstić information content (AvgIpc) is 2.91. The van der Waals surface area contributed by atoms with Crippen molar-refractivity contribution in [2.75, 3.05) is 12.4 Å². The Labute approximate surface area is 117 Å². The predicted octanol–water partition coefficient (Wildman–Crippen LogP) is 2.36. The molecule has 1 heterocycles. The van der Waals surface area contributed by atoms with Crippen LogP contribution in [0.15, 0.2) is 24.5 Å². The summed E-state index contributed by atoms with van der Waals surface area (Å²) in [5, 5.41) is 8.96. The Balaban J connectivity index is 2.32. The number of aromatic nitrogens is 3. The third kappa shape index (κ3) is 2.96. The normalized spacial score (nSPS) is 11.2. The first-order chi connectivity index (χ1) is 9.41. The minimum Gasteiger partial charge on any atom is -0.495 e. The lowest BCUT2D eigenvalue weighted by atomic mass is 9.87. The van der Waals surface area contributed by atoms with Crippen LogP contribution in [0, 0.1) is 0 Å². The highest BCUT2D eigenvalue weighted by molar-refractivity contribution is 6.02. The van der Waals surface area contributed by atoms with Crippen molar-refractivity contribution >= 4 is 11.6 Å². The van der Waals surface area contributed by atoms with Crippen molar-refractivity contribution in [2.24, 2.45) is 0 Å². The van der Waals surface area contributed by atoms with Gasteiger partial charge in [-0.25, -0.2) is 4.98 Å². The van der Waals surface area contributed by atoms with Gasteiger partial charge in [0.15, 0.2) is 0 Å². The Morgan fingerprint density at radius 2 is 2.10 bits per heavy atom. The molecule has 0 saturated heterocycles. The van der Waals surface area contributed by atoms with E-state index in [0.717, 1.165) is 5.56 Å². The molecule has 2 N–H and O–H groups in total. The summed E-state index contributed by atoms with van der Waals surface area (Å²) in [6, 6.07) is 5.74. The number of aromatic amines is 1. The van der Waals surface area contributed by atoms with Gasteiger partial charge in [0.25, 0.3) is 5.91 Å². The molecule has 0 atom stereocenters. The summed E-state index contributed by atoms with van der Waals surface area (Å²) in [6.07, 6.45) is 1.29. The zero-order chi connectivity index (χ0) is 14.8. The summed E-state index contributed by atoms with van der Waals surface area (Å²) in [7, 11) is 1.57. The van der Waals surface area contributed by atoms with Crippen LogP contribution in [-0.2, 0) is 5.41 Å². The van der Waals surface area contributed by atoms with E-state index in [-0.39, 0.29) is 17.1 Å². The van der Waals surface area contributed by atoms with Gasteiger partial charge in [0.05, 0.1) is 12.8 Å². The molecule has 6 nitrogen and oxygen atoms in total. The highest BCUT2D eigenvalue weighted by Gasteiger charge is 2.18. The topological polar surface area (TPSA) is 79.9 Å². The SMILES string of the molecule is COc1ccc(C(C)(C)C)cc1NC(=O)c1ncn[nH]1. The molecule has 0 radical (unpaired) electrons. The number of rotatable bonds is 3. The van der Waals surface area contributed by atoms with Gasteiger partial charge in [0.1, 0.15) is 12.1 Å². The summed E-state index contributed by atoms with van der Waals surface area (Å²) in [5.74, 6) is 0.408. The quantitative estimate of drug-likeness (QED) is 0.900.